The van der Waals surface area contributed by atoms with E-state index in [1.54, 1.807) is 73.2 Å². The number of amides is 1. The van der Waals surface area contributed by atoms with Crippen molar-refractivity contribution in [3.8, 4) is 11.5 Å². The predicted molar refractivity (Wildman–Crippen MR) is 151 cm³/mol. The number of ether oxygens (including phenoxy) is 2. The van der Waals surface area contributed by atoms with Crippen LogP contribution in [0.5, 0.6) is 11.5 Å². The van der Waals surface area contributed by atoms with E-state index in [9.17, 15) is 14.4 Å². The number of nitrogens with one attached hydrogen (secondary N) is 1. The van der Waals surface area contributed by atoms with Gasteiger partial charge < -0.3 is 19.9 Å². The van der Waals surface area contributed by atoms with E-state index in [2.05, 4.69) is 10.3 Å². The number of anilines is 1. The van der Waals surface area contributed by atoms with Crippen LogP contribution in [0.2, 0.25) is 0 Å². The number of carboxylic acids is 1. The number of nitrogens with zero attached hydrogens (tertiary/aromatic N) is 2. The molecule has 0 fully saturated rings. The lowest BCUT2D eigenvalue weighted by Gasteiger charge is -2.25. The molecule has 4 aromatic rings. The maximum atomic E-state index is 13.8. The van der Waals surface area contributed by atoms with Crippen LogP contribution in [0.15, 0.2) is 99.9 Å². The molecule has 0 saturated heterocycles. The van der Waals surface area contributed by atoms with Crippen molar-refractivity contribution in [3.05, 3.63) is 121 Å². The minimum Gasteiger partial charge on any atom is -0.497 e. The van der Waals surface area contributed by atoms with Gasteiger partial charge in [0.2, 0.25) is 0 Å². The van der Waals surface area contributed by atoms with E-state index in [1.165, 1.54) is 11.3 Å². The number of methoxy groups -OCH3 is 1. The number of allylic oxidation sites excluding steroid dienone is 1. The number of fused-ring (bicyclic) bond motifs is 1. The molecule has 40 heavy (non-hydrogen) atoms. The van der Waals surface area contributed by atoms with Crippen LogP contribution in [0.25, 0.3) is 6.08 Å². The first kappa shape index (κ1) is 26.6. The highest BCUT2D eigenvalue weighted by Crippen LogP contribution is 2.31. The molecule has 202 valence electrons. The molecular formula is C30H25N3O6S. The number of carbonyl (C=O) groups excluding carboxylic acids is 1. The third kappa shape index (κ3) is 5.57. The first-order valence-corrected chi connectivity index (χ1v) is 13.1. The summed E-state index contributed by atoms with van der Waals surface area (Å²) in [6.45, 7) is 1.33. The maximum Gasteiger partial charge on any atom is 0.341 e. The molecule has 0 bridgehead atoms. The van der Waals surface area contributed by atoms with Gasteiger partial charge in [-0.1, -0.05) is 53.8 Å². The number of para-hydroxylation sites is 1. The van der Waals surface area contributed by atoms with Crippen LogP contribution in [-0.4, -0.2) is 35.3 Å². The summed E-state index contributed by atoms with van der Waals surface area (Å²) in [7, 11) is 1.58. The summed E-state index contributed by atoms with van der Waals surface area (Å²) in [6, 6.07) is 22.4. The molecule has 0 unspecified atom stereocenters. The molecule has 10 heteroatoms. The van der Waals surface area contributed by atoms with Crippen molar-refractivity contribution < 1.29 is 24.2 Å². The van der Waals surface area contributed by atoms with Gasteiger partial charge in [0.15, 0.2) is 11.4 Å². The fraction of sp³-hybridized carbons (Fsp3) is 0.133. The minimum atomic E-state index is -1.07. The van der Waals surface area contributed by atoms with Gasteiger partial charge in [0, 0.05) is 5.69 Å². The van der Waals surface area contributed by atoms with Crippen molar-refractivity contribution in [3.63, 3.8) is 0 Å². The van der Waals surface area contributed by atoms with Crippen LogP contribution in [0.4, 0.5) is 5.69 Å². The number of hydrogen-bond acceptors (Lipinski definition) is 7. The lowest BCUT2D eigenvalue weighted by molar-refractivity contribution is -0.139. The first-order valence-electron chi connectivity index (χ1n) is 12.3. The Morgan fingerprint density at radius 2 is 1.70 bits per heavy atom. The quantitative estimate of drug-likeness (QED) is 0.344. The number of carboxylic acid groups (broad SMARTS) is 1. The van der Waals surface area contributed by atoms with Gasteiger partial charge in [-0.25, -0.2) is 9.79 Å². The molecule has 0 saturated carbocycles. The number of aromatic nitrogens is 1. The maximum absolute atomic E-state index is 13.8. The fourth-order valence-electron chi connectivity index (χ4n) is 4.39. The molecule has 0 aliphatic carbocycles. The third-order valence-corrected chi connectivity index (χ3v) is 7.25. The zero-order chi connectivity index (χ0) is 28.2. The molecule has 1 aliphatic rings. The van der Waals surface area contributed by atoms with Crippen molar-refractivity contribution >= 4 is 35.0 Å². The Morgan fingerprint density at radius 1 is 1.02 bits per heavy atom. The van der Waals surface area contributed by atoms with Gasteiger partial charge in [-0.2, -0.15) is 0 Å². The molecule has 2 N–H and O–H groups in total. The molecule has 1 aliphatic heterocycles. The summed E-state index contributed by atoms with van der Waals surface area (Å²) in [6.07, 6.45) is 1.74. The Hall–Kier alpha value is -4.96. The summed E-state index contributed by atoms with van der Waals surface area (Å²) in [4.78, 5) is 43.3. The number of carbonyl (C=O) groups is 2. The van der Waals surface area contributed by atoms with E-state index in [-0.39, 0.29) is 11.5 Å². The summed E-state index contributed by atoms with van der Waals surface area (Å²) >= 11 is 1.23. The lowest BCUT2D eigenvalue weighted by Crippen LogP contribution is -2.40. The van der Waals surface area contributed by atoms with Crippen molar-refractivity contribution in [1.29, 1.82) is 0 Å². The molecule has 1 amide bonds. The van der Waals surface area contributed by atoms with Crippen LogP contribution in [0.1, 0.15) is 24.1 Å². The molecule has 9 nitrogen and oxygen atoms in total. The zero-order valence-electron chi connectivity index (χ0n) is 21.7. The number of thiazole rings is 1. The van der Waals surface area contributed by atoms with Crippen LogP contribution in [0, 0.1) is 0 Å². The summed E-state index contributed by atoms with van der Waals surface area (Å²) in [5, 5.41) is 11.7. The second-order valence-electron chi connectivity index (χ2n) is 8.93. The number of hydrogen-bond donors (Lipinski definition) is 2. The van der Waals surface area contributed by atoms with E-state index >= 15 is 0 Å². The average Bonchev–Trinajstić information content (AvgIpc) is 3.26. The molecule has 1 atom stereocenters. The SMILES string of the molecule is COc1ccc([C@H]2C(C(=O)Nc3ccccc3)=C(C)N=c3s/c(=C/c4ccc(OCC(=O)O)cc4)c(=O)n32)cc1. The van der Waals surface area contributed by atoms with Crippen LogP contribution in [-0.2, 0) is 9.59 Å². The molecule has 3 aromatic carbocycles. The van der Waals surface area contributed by atoms with E-state index in [4.69, 9.17) is 14.6 Å². The van der Waals surface area contributed by atoms with Crippen LogP contribution in [0.3, 0.4) is 0 Å². The Balaban J connectivity index is 1.58. The van der Waals surface area contributed by atoms with Crippen molar-refractivity contribution in [2.75, 3.05) is 19.0 Å². The standard InChI is InChI=1S/C30H25N3O6S/c1-18-26(28(36)32-21-6-4-3-5-7-21)27(20-10-14-22(38-2)15-11-20)33-29(37)24(40-30(33)31-18)16-19-8-12-23(13-9-19)39-17-25(34)35/h3-16,27H,17H2,1-2H3,(H,32,36)(H,34,35)/b24-16+/t27-/m0/s1. The second-order valence-corrected chi connectivity index (χ2v) is 9.94. The molecule has 5 rings (SSSR count). The van der Waals surface area contributed by atoms with Crippen molar-refractivity contribution in [2.45, 2.75) is 13.0 Å². The van der Waals surface area contributed by atoms with Gasteiger partial charge in [0.1, 0.15) is 11.5 Å². The van der Waals surface area contributed by atoms with Gasteiger partial charge in [0.25, 0.3) is 11.5 Å². The Morgan fingerprint density at radius 3 is 2.35 bits per heavy atom. The van der Waals surface area contributed by atoms with Crippen LogP contribution >= 0.6 is 11.3 Å². The lowest BCUT2D eigenvalue weighted by atomic mass is 9.95. The van der Waals surface area contributed by atoms with Gasteiger partial charge in [-0.05, 0) is 60.5 Å². The smallest absolute Gasteiger partial charge is 0.341 e. The summed E-state index contributed by atoms with van der Waals surface area (Å²) in [5.41, 5.74) is 2.70. The highest BCUT2D eigenvalue weighted by atomic mass is 32.1. The predicted octanol–water partition coefficient (Wildman–Crippen LogP) is 3.35. The van der Waals surface area contributed by atoms with Crippen LogP contribution < -0.4 is 29.7 Å². The highest BCUT2D eigenvalue weighted by molar-refractivity contribution is 7.07. The Bertz CT molecular complexity index is 1770. The first-order chi connectivity index (χ1) is 19.3. The van der Waals surface area contributed by atoms with E-state index in [1.807, 2.05) is 30.3 Å². The normalized spacial score (nSPS) is 14.8. The average molecular weight is 556 g/mol. The van der Waals surface area contributed by atoms with Gasteiger partial charge in [0.05, 0.1) is 29.0 Å². The molecule has 0 radical (unpaired) electrons. The molecule has 0 spiro atoms. The molecule has 1 aromatic heterocycles. The number of benzene rings is 3. The van der Waals surface area contributed by atoms with Gasteiger partial charge >= 0.3 is 5.97 Å². The fourth-order valence-corrected chi connectivity index (χ4v) is 5.44. The van der Waals surface area contributed by atoms with E-state index < -0.39 is 18.6 Å². The topological polar surface area (TPSA) is 119 Å². The molecule has 2 heterocycles. The van der Waals surface area contributed by atoms with E-state index in [0.717, 1.165) is 11.1 Å². The van der Waals surface area contributed by atoms with Gasteiger partial charge in [-0.3, -0.25) is 14.2 Å². The monoisotopic (exact) mass is 555 g/mol. The Kier molecular flexibility index (Phi) is 7.61. The molecular weight excluding hydrogens is 530 g/mol. The van der Waals surface area contributed by atoms with Crippen molar-refractivity contribution in [2.24, 2.45) is 4.99 Å². The number of rotatable bonds is 8. The zero-order valence-corrected chi connectivity index (χ0v) is 22.5. The van der Waals surface area contributed by atoms with Gasteiger partial charge in [-0.15, -0.1) is 0 Å². The van der Waals surface area contributed by atoms with Crippen molar-refractivity contribution in [1.82, 2.24) is 4.57 Å². The number of aliphatic carboxylic acids is 1. The third-order valence-electron chi connectivity index (χ3n) is 6.27. The largest absolute Gasteiger partial charge is 0.497 e. The summed E-state index contributed by atoms with van der Waals surface area (Å²) in [5.74, 6) is -0.351. The summed E-state index contributed by atoms with van der Waals surface area (Å²) < 4.78 is 12.5. The van der Waals surface area contributed by atoms with E-state index in [0.29, 0.717) is 37.8 Å². The second kappa shape index (κ2) is 11.4. The Labute approximate surface area is 233 Å². The highest BCUT2D eigenvalue weighted by Gasteiger charge is 2.32. The minimum absolute atomic E-state index is 0.284.